The molecule has 0 fully saturated rings. The van der Waals surface area contributed by atoms with Gasteiger partial charge in [-0.05, 0) is 0 Å². The Morgan fingerprint density at radius 2 is 2.18 bits per heavy atom. The third-order valence-electron chi connectivity index (χ3n) is 1.26. The van der Waals surface area contributed by atoms with Crippen molar-refractivity contribution in [2.45, 2.75) is 26.2 Å². The van der Waals surface area contributed by atoms with Crippen LogP contribution < -0.4 is 0 Å². The summed E-state index contributed by atoms with van der Waals surface area (Å²) in [5.74, 6) is 0. The van der Waals surface area contributed by atoms with Crippen LogP contribution in [0, 0.1) is 0 Å². The van der Waals surface area contributed by atoms with Crippen molar-refractivity contribution in [1.82, 2.24) is 14.8 Å². The summed E-state index contributed by atoms with van der Waals surface area (Å²) in [6, 6.07) is 0. The molecule has 0 saturated heterocycles. The quantitative estimate of drug-likeness (QED) is 0.645. The summed E-state index contributed by atoms with van der Waals surface area (Å²) in [5.41, 5.74) is 1.19. The third kappa shape index (κ3) is 1.87. The molecule has 0 bridgehead atoms. The molecule has 1 aromatic heterocycles. The van der Waals surface area contributed by atoms with Crippen molar-refractivity contribution in [2.75, 3.05) is 0 Å². The summed E-state index contributed by atoms with van der Waals surface area (Å²) in [5, 5.41) is 7.94. The molecule has 1 aromatic rings. The average molecular weight is 169 g/mol. The largest absolute Gasteiger partial charge is 0.203 e. The lowest BCUT2D eigenvalue weighted by atomic mass is 9.98. The van der Waals surface area contributed by atoms with Crippen LogP contribution in [0.1, 0.15) is 26.2 Å². The number of aromatic nitrogens is 3. The van der Waals surface area contributed by atoms with Crippen LogP contribution in [0.5, 0.6) is 0 Å². The van der Waals surface area contributed by atoms with E-state index in [1.807, 2.05) is 0 Å². The highest BCUT2D eigenvalue weighted by molar-refractivity contribution is 7.27. The number of hydrogen-bond donors (Lipinski definition) is 0. The zero-order valence-electron chi connectivity index (χ0n) is 7.07. The first-order valence-corrected chi connectivity index (χ1v) is 4.31. The van der Waals surface area contributed by atoms with Gasteiger partial charge in [-0.1, -0.05) is 32.6 Å². The molecular formula is C7H12N3P. The van der Waals surface area contributed by atoms with E-state index < -0.39 is 0 Å². The highest BCUT2D eigenvalue weighted by atomic mass is 31.0. The molecule has 0 spiro atoms. The molecule has 0 atom stereocenters. The predicted molar refractivity (Wildman–Crippen MR) is 47.6 cm³/mol. The summed E-state index contributed by atoms with van der Waals surface area (Å²) in [7, 11) is 1.03. The van der Waals surface area contributed by atoms with Crippen molar-refractivity contribution in [1.29, 1.82) is 0 Å². The molecule has 0 N–H and O–H groups in total. The normalized spacial score (nSPS) is 12.3. The summed E-state index contributed by atoms with van der Waals surface area (Å²) in [4.78, 5) is 0. The Hall–Kier alpha value is -0.690. The number of hydrogen-bond acceptors (Lipinski definition) is 2. The van der Waals surface area contributed by atoms with Crippen molar-refractivity contribution in [3.05, 3.63) is 12.0 Å². The van der Waals surface area contributed by atoms with E-state index in [9.17, 15) is 0 Å². The molecule has 0 aliphatic carbocycles. The van der Waals surface area contributed by atoms with E-state index in [4.69, 9.17) is 0 Å². The monoisotopic (exact) mass is 169 g/mol. The molecule has 0 aliphatic rings. The minimum absolute atomic E-state index is 0.114. The van der Waals surface area contributed by atoms with Gasteiger partial charge in [-0.15, -0.1) is 5.10 Å². The Balaban J connectivity index is 2.98. The molecular weight excluding hydrogens is 157 g/mol. The van der Waals surface area contributed by atoms with Gasteiger partial charge in [0.15, 0.2) is 0 Å². The van der Waals surface area contributed by atoms with Gasteiger partial charge in [-0.2, -0.15) is 0 Å². The second-order valence-electron chi connectivity index (χ2n) is 3.37. The maximum Gasteiger partial charge on any atom is 0.116 e. The molecule has 0 aromatic carbocycles. The minimum atomic E-state index is 0.114. The van der Waals surface area contributed by atoms with Crippen LogP contribution in [0.25, 0.3) is 6.20 Å². The van der Waals surface area contributed by atoms with Crippen LogP contribution in [-0.4, -0.2) is 14.8 Å². The lowest BCUT2D eigenvalue weighted by molar-refractivity contribution is 0.576. The summed E-state index contributed by atoms with van der Waals surface area (Å²) in [6.45, 7) is 9.99. The Kier molecular flexibility index (Phi) is 2.10. The summed E-state index contributed by atoms with van der Waals surface area (Å²) < 4.78 is 1.71. The first kappa shape index (κ1) is 8.41. The Morgan fingerprint density at radius 1 is 1.55 bits per heavy atom. The fourth-order valence-electron chi connectivity index (χ4n) is 0.603. The molecule has 4 heteroatoms. The number of nitrogens with zero attached hydrogens (tertiary/aromatic N) is 3. The van der Waals surface area contributed by atoms with E-state index >= 15 is 0 Å². The Labute approximate surface area is 68.3 Å². The highest BCUT2D eigenvalue weighted by Crippen LogP contribution is 2.26. The third-order valence-corrected chi connectivity index (χ3v) is 2.66. The van der Waals surface area contributed by atoms with Gasteiger partial charge in [0.05, 0.1) is 8.35 Å². The minimum Gasteiger partial charge on any atom is -0.203 e. The van der Waals surface area contributed by atoms with Gasteiger partial charge in [-0.25, -0.2) is 4.44 Å². The second kappa shape index (κ2) is 2.74. The molecule has 0 saturated carbocycles. The molecule has 0 aliphatic heterocycles. The standard InChI is InChI=1S/C7H12N3P/c1-5-10-9-8-6(11-10)7(2,3)4/h5H,1H2,2-4H3. The van der Waals surface area contributed by atoms with Gasteiger partial charge >= 0.3 is 0 Å². The molecule has 1 heterocycles. The van der Waals surface area contributed by atoms with E-state index in [1.165, 1.54) is 0 Å². The van der Waals surface area contributed by atoms with Gasteiger partial charge in [0.25, 0.3) is 0 Å². The fourth-order valence-corrected chi connectivity index (χ4v) is 1.34. The van der Waals surface area contributed by atoms with Crippen LogP contribution in [0.15, 0.2) is 6.58 Å². The van der Waals surface area contributed by atoms with E-state index in [-0.39, 0.29) is 5.41 Å². The zero-order chi connectivity index (χ0) is 8.48. The predicted octanol–water partition coefficient (Wildman–Crippen LogP) is 2.26. The van der Waals surface area contributed by atoms with E-state index in [1.54, 1.807) is 10.6 Å². The van der Waals surface area contributed by atoms with Crippen molar-refractivity contribution in [2.24, 2.45) is 0 Å². The van der Waals surface area contributed by atoms with Crippen LogP contribution in [0.3, 0.4) is 0 Å². The lowest BCUT2D eigenvalue weighted by Crippen LogP contribution is -2.09. The summed E-state index contributed by atoms with van der Waals surface area (Å²) >= 11 is 0. The highest BCUT2D eigenvalue weighted by Gasteiger charge is 2.17. The second-order valence-corrected chi connectivity index (χ2v) is 4.40. The van der Waals surface area contributed by atoms with Crippen LogP contribution in [0.2, 0.25) is 0 Å². The van der Waals surface area contributed by atoms with E-state index in [0.29, 0.717) is 0 Å². The molecule has 0 radical (unpaired) electrons. The lowest BCUT2D eigenvalue weighted by Gasteiger charge is -2.11. The summed E-state index contributed by atoms with van der Waals surface area (Å²) in [6.07, 6.45) is 1.67. The smallest absolute Gasteiger partial charge is 0.116 e. The van der Waals surface area contributed by atoms with Crippen molar-refractivity contribution < 1.29 is 0 Å². The van der Waals surface area contributed by atoms with Crippen molar-refractivity contribution >= 4 is 14.6 Å². The maximum atomic E-state index is 4.04. The van der Waals surface area contributed by atoms with Gasteiger partial charge in [0, 0.05) is 11.6 Å². The van der Waals surface area contributed by atoms with Gasteiger partial charge in [0.1, 0.15) is 5.43 Å². The van der Waals surface area contributed by atoms with Gasteiger partial charge in [0.2, 0.25) is 0 Å². The van der Waals surface area contributed by atoms with Crippen molar-refractivity contribution in [3.8, 4) is 0 Å². The van der Waals surface area contributed by atoms with Crippen LogP contribution >= 0.6 is 8.35 Å². The first-order chi connectivity index (χ1) is 5.04. The topological polar surface area (TPSA) is 30.7 Å². The van der Waals surface area contributed by atoms with Gasteiger partial charge < -0.3 is 0 Å². The zero-order valence-corrected chi connectivity index (χ0v) is 7.97. The van der Waals surface area contributed by atoms with E-state index in [2.05, 4.69) is 37.7 Å². The van der Waals surface area contributed by atoms with Gasteiger partial charge in [-0.3, -0.25) is 0 Å². The van der Waals surface area contributed by atoms with Crippen LogP contribution in [0.4, 0.5) is 0 Å². The SMILES string of the molecule is C=Cn1nnc(C(C)(C)C)p1. The molecule has 1 rings (SSSR count). The molecule has 3 nitrogen and oxygen atoms in total. The first-order valence-electron chi connectivity index (χ1n) is 3.46. The fraction of sp³-hybridized carbons (Fsp3) is 0.571. The molecule has 60 valence electrons. The Bertz CT molecular complexity index is 259. The number of rotatable bonds is 1. The average Bonchev–Trinajstić information content (AvgIpc) is 2.32. The Morgan fingerprint density at radius 3 is 2.45 bits per heavy atom. The molecule has 0 unspecified atom stereocenters. The molecule has 0 amide bonds. The van der Waals surface area contributed by atoms with Crippen molar-refractivity contribution in [3.63, 3.8) is 0 Å². The van der Waals surface area contributed by atoms with Crippen LogP contribution in [-0.2, 0) is 5.41 Å². The van der Waals surface area contributed by atoms with E-state index in [0.717, 1.165) is 13.8 Å². The maximum absolute atomic E-state index is 4.04. The molecule has 11 heavy (non-hydrogen) atoms.